The van der Waals surface area contributed by atoms with Gasteiger partial charge in [-0.15, -0.1) is 0 Å². The van der Waals surface area contributed by atoms with E-state index in [0.717, 1.165) is 35.3 Å². The van der Waals surface area contributed by atoms with E-state index < -0.39 is 0 Å². The van der Waals surface area contributed by atoms with Gasteiger partial charge in [-0.3, -0.25) is 0 Å². The Morgan fingerprint density at radius 2 is 1.95 bits per heavy atom. The number of hydrogen-bond acceptors (Lipinski definition) is 1. The van der Waals surface area contributed by atoms with Gasteiger partial charge in [0.15, 0.2) is 0 Å². The van der Waals surface area contributed by atoms with Gasteiger partial charge in [0.2, 0.25) is 0 Å². The molecule has 4 heteroatoms. The van der Waals surface area contributed by atoms with E-state index in [9.17, 15) is 0 Å². The van der Waals surface area contributed by atoms with Crippen LogP contribution in [0.25, 0.3) is 0 Å². The molecule has 0 amide bonds. The van der Waals surface area contributed by atoms with Crippen molar-refractivity contribution in [2.45, 2.75) is 25.7 Å². The van der Waals surface area contributed by atoms with E-state index >= 15 is 0 Å². The van der Waals surface area contributed by atoms with Crippen molar-refractivity contribution in [3.05, 3.63) is 34.9 Å². The molecule has 0 bridgehead atoms. The molecule has 0 aliphatic rings. The Labute approximate surface area is 138 Å². The SMILES string of the molecule is CC(C)COCCC(CBr)(CBr)c1cccc(Cl)c1. The predicted octanol–water partition coefficient (Wildman–Crippen LogP) is 5.43. The molecule has 108 valence electrons. The summed E-state index contributed by atoms with van der Waals surface area (Å²) in [6, 6.07) is 8.10. The molecule has 0 aliphatic carbocycles. The fourth-order valence-electron chi connectivity index (χ4n) is 1.87. The first-order valence-electron chi connectivity index (χ1n) is 6.50. The smallest absolute Gasteiger partial charge is 0.0488 e. The van der Waals surface area contributed by atoms with E-state index in [-0.39, 0.29) is 5.41 Å². The molecule has 1 nitrogen and oxygen atoms in total. The van der Waals surface area contributed by atoms with Crippen LogP contribution in [0.4, 0.5) is 0 Å². The zero-order valence-electron chi connectivity index (χ0n) is 11.5. The third kappa shape index (κ3) is 5.37. The summed E-state index contributed by atoms with van der Waals surface area (Å²) in [7, 11) is 0. The number of benzene rings is 1. The predicted molar refractivity (Wildman–Crippen MR) is 91.0 cm³/mol. The summed E-state index contributed by atoms with van der Waals surface area (Å²) in [4.78, 5) is 0. The van der Waals surface area contributed by atoms with Crippen molar-refractivity contribution in [3.63, 3.8) is 0 Å². The topological polar surface area (TPSA) is 9.23 Å². The normalized spacial score (nSPS) is 12.1. The fraction of sp³-hybridized carbons (Fsp3) is 0.600. The van der Waals surface area contributed by atoms with Gasteiger partial charge in [-0.2, -0.15) is 0 Å². The van der Waals surface area contributed by atoms with Crippen molar-refractivity contribution in [2.75, 3.05) is 23.9 Å². The van der Waals surface area contributed by atoms with Crippen LogP contribution in [0.3, 0.4) is 0 Å². The Bertz CT molecular complexity index is 378. The first kappa shape index (κ1) is 17.5. The Kier molecular flexibility index (Phi) is 7.97. The third-order valence-electron chi connectivity index (χ3n) is 3.12. The number of hydrogen-bond donors (Lipinski definition) is 0. The molecule has 1 aromatic carbocycles. The van der Waals surface area contributed by atoms with E-state index in [1.54, 1.807) is 0 Å². The highest BCUT2D eigenvalue weighted by Gasteiger charge is 2.30. The molecule has 0 atom stereocenters. The van der Waals surface area contributed by atoms with Gasteiger partial charge in [-0.05, 0) is 30.0 Å². The first-order valence-corrected chi connectivity index (χ1v) is 9.12. The molecule has 0 aromatic heterocycles. The van der Waals surface area contributed by atoms with Gasteiger partial charge in [0.05, 0.1) is 0 Å². The highest BCUT2D eigenvalue weighted by Crippen LogP contribution is 2.33. The molecule has 1 rings (SSSR count). The van der Waals surface area contributed by atoms with Crippen LogP contribution in [0.15, 0.2) is 24.3 Å². The van der Waals surface area contributed by atoms with Crippen LogP contribution >= 0.6 is 43.5 Å². The number of rotatable bonds is 8. The minimum absolute atomic E-state index is 0.0296. The lowest BCUT2D eigenvalue weighted by Gasteiger charge is -2.31. The van der Waals surface area contributed by atoms with Crippen LogP contribution in [-0.4, -0.2) is 23.9 Å². The maximum atomic E-state index is 6.11. The van der Waals surface area contributed by atoms with E-state index in [0.29, 0.717) is 5.92 Å². The standard InChI is InChI=1S/C15H21Br2ClO/c1-12(2)9-19-7-6-15(10-16,11-17)13-4-3-5-14(18)8-13/h3-5,8,12H,6-7,9-11H2,1-2H3. The van der Waals surface area contributed by atoms with Crippen molar-refractivity contribution < 1.29 is 4.74 Å². The maximum absolute atomic E-state index is 6.11. The lowest BCUT2D eigenvalue weighted by molar-refractivity contribution is 0.0975. The Hall–Kier alpha value is 0.430. The molecule has 0 aliphatic heterocycles. The van der Waals surface area contributed by atoms with E-state index in [2.05, 4.69) is 51.8 Å². The highest BCUT2D eigenvalue weighted by atomic mass is 79.9. The third-order valence-corrected chi connectivity index (χ3v) is 5.51. The zero-order valence-corrected chi connectivity index (χ0v) is 15.4. The van der Waals surface area contributed by atoms with Crippen molar-refractivity contribution in [2.24, 2.45) is 5.92 Å². The second kappa shape index (κ2) is 8.66. The number of halogens is 3. The van der Waals surface area contributed by atoms with Crippen LogP contribution in [0.1, 0.15) is 25.8 Å². The van der Waals surface area contributed by atoms with E-state index in [1.807, 2.05) is 18.2 Å². The van der Waals surface area contributed by atoms with E-state index in [1.165, 1.54) is 5.56 Å². The summed E-state index contributed by atoms with van der Waals surface area (Å²) in [6.45, 7) is 5.91. The quantitative estimate of drug-likeness (QED) is 0.409. The molecule has 0 spiro atoms. The van der Waals surface area contributed by atoms with Crippen molar-refractivity contribution in [1.82, 2.24) is 0 Å². The summed E-state index contributed by atoms with van der Waals surface area (Å²) in [5.74, 6) is 0.577. The summed E-state index contributed by atoms with van der Waals surface area (Å²) in [5, 5.41) is 2.56. The summed E-state index contributed by atoms with van der Waals surface area (Å²) >= 11 is 13.4. The monoisotopic (exact) mass is 410 g/mol. The molecule has 1 aromatic rings. The van der Waals surface area contributed by atoms with Gasteiger partial charge in [0.1, 0.15) is 0 Å². The van der Waals surface area contributed by atoms with Crippen molar-refractivity contribution in [1.29, 1.82) is 0 Å². The van der Waals surface area contributed by atoms with Gasteiger partial charge < -0.3 is 4.74 Å². The van der Waals surface area contributed by atoms with Gasteiger partial charge in [0, 0.05) is 34.3 Å². The largest absolute Gasteiger partial charge is 0.381 e. The molecule has 0 radical (unpaired) electrons. The molecular weight excluding hydrogens is 391 g/mol. The van der Waals surface area contributed by atoms with Gasteiger partial charge in [0.25, 0.3) is 0 Å². The Balaban J connectivity index is 2.73. The molecule has 0 saturated carbocycles. The second-order valence-electron chi connectivity index (χ2n) is 5.28. The fourth-order valence-corrected chi connectivity index (χ4v) is 4.20. The lowest BCUT2D eigenvalue weighted by Crippen LogP contribution is -2.32. The van der Waals surface area contributed by atoms with Gasteiger partial charge in [-0.25, -0.2) is 0 Å². The number of ether oxygens (including phenoxy) is 1. The first-order chi connectivity index (χ1) is 9.04. The zero-order chi connectivity index (χ0) is 14.3. The van der Waals surface area contributed by atoms with Crippen LogP contribution < -0.4 is 0 Å². The maximum Gasteiger partial charge on any atom is 0.0488 e. The molecule has 0 unspecified atom stereocenters. The average Bonchev–Trinajstić information content (AvgIpc) is 2.39. The van der Waals surface area contributed by atoms with Crippen molar-refractivity contribution >= 4 is 43.5 Å². The summed E-state index contributed by atoms with van der Waals surface area (Å²) in [5.41, 5.74) is 1.28. The molecule has 0 fully saturated rings. The number of alkyl halides is 2. The van der Waals surface area contributed by atoms with Crippen LogP contribution in [0, 0.1) is 5.92 Å². The molecule has 19 heavy (non-hydrogen) atoms. The molecule has 0 saturated heterocycles. The van der Waals surface area contributed by atoms with Crippen LogP contribution in [0.2, 0.25) is 5.02 Å². The highest BCUT2D eigenvalue weighted by molar-refractivity contribution is 9.09. The average molecular weight is 413 g/mol. The van der Waals surface area contributed by atoms with Gasteiger partial charge in [-0.1, -0.05) is 69.4 Å². The molecule has 0 heterocycles. The summed E-state index contributed by atoms with van der Waals surface area (Å²) < 4.78 is 5.73. The second-order valence-corrected chi connectivity index (χ2v) is 6.83. The Morgan fingerprint density at radius 1 is 1.26 bits per heavy atom. The Morgan fingerprint density at radius 3 is 2.47 bits per heavy atom. The minimum atomic E-state index is 0.0296. The molecular formula is C15H21Br2ClO. The van der Waals surface area contributed by atoms with Crippen LogP contribution in [0.5, 0.6) is 0 Å². The van der Waals surface area contributed by atoms with Crippen LogP contribution in [-0.2, 0) is 10.2 Å². The minimum Gasteiger partial charge on any atom is -0.381 e. The van der Waals surface area contributed by atoms with Crippen molar-refractivity contribution in [3.8, 4) is 0 Å². The molecule has 0 N–H and O–H groups in total. The van der Waals surface area contributed by atoms with E-state index in [4.69, 9.17) is 16.3 Å². The van der Waals surface area contributed by atoms with Gasteiger partial charge >= 0.3 is 0 Å². The lowest BCUT2D eigenvalue weighted by atomic mass is 9.82. The summed E-state index contributed by atoms with van der Waals surface area (Å²) in [6.07, 6.45) is 0.969.